The molecule has 0 aliphatic carbocycles. The van der Waals surface area contributed by atoms with Gasteiger partial charge in [-0.3, -0.25) is 4.57 Å². The van der Waals surface area contributed by atoms with Gasteiger partial charge in [-0.25, -0.2) is 4.98 Å². The monoisotopic (exact) mass is 269 g/mol. The molecule has 0 atom stereocenters. The molecular weight excluding hydrogens is 254 g/mol. The summed E-state index contributed by atoms with van der Waals surface area (Å²) in [5, 5.41) is 0. The summed E-state index contributed by atoms with van der Waals surface area (Å²) in [7, 11) is 0. The van der Waals surface area contributed by atoms with Crippen LogP contribution in [0.15, 0.2) is 30.3 Å². The lowest BCUT2D eigenvalue weighted by molar-refractivity contribution is 1.02. The number of nitrogens with one attached hydrogen (secondary N) is 1. The van der Waals surface area contributed by atoms with Crippen LogP contribution in [0.25, 0.3) is 16.9 Å². The fourth-order valence-electron chi connectivity index (χ4n) is 2.36. The standard InChI is InChI=1S/C15H15N3S/c1-9-4-7-13(10(2)8-9)18-14-12(17-15(18)19)6-5-11(3)16-14/h4-8H,1-3H3,(H,17,19). The number of fused-ring (bicyclic) bond motifs is 1. The second-order valence-electron chi connectivity index (χ2n) is 4.88. The third-order valence-corrected chi connectivity index (χ3v) is 3.55. The molecule has 19 heavy (non-hydrogen) atoms. The van der Waals surface area contributed by atoms with Gasteiger partial charge in [0.05, 0.1) is 11.2 Å². The Balaban J connectivity index is 2.38. The highest BCUT2D eigenvalue weighted by molar-refractivity contribution is 7.71. The number of rotatable bonds is 1. The zero-order valence-electron chi connectivity index (χ0n) is 11.2. The Morgan fingerprint density at radius 1 is 1.11 bits per heavy atom. The molecule has 1 N–H and O–H groups in total. The van der Waals surface area contributed by atoms with Crippen molar-refractivity contribution in [1.82, 2.24) is 14.5 Å². The first-order valence-electron chi connectivity index (χ1n) is 6.22. The highest BCUT2D eigenvalue weighted by Gasteiger charge is 2.10. The van der Waals surface area contributed by atoms with Gasteiger partial charge in [0.1, 0.15) is 0 Å². The van der Waals surface area contributed by atoms with Gasteiger partial charge in [0.25, 0.3) is 0 Å². The van der Waals surface area contributed by atoms with Crippen LogP contribution in [-0.4, -0.2) is 14.5 Å². The minimum absolute atomic E-state index is 0.681. The van der Waals surface area contributed by atoms with Gasteiger partial charge in [-0.1, -0.05) is 17.7 Å². The molecule has 3 nitrogen and oxygen atoms in total. The smallest absolute Gasteiger partial charge is 0.184 e. The summed E-state index contributed by atoms with van der Waals surface area (Å²) < 4.78 is 2.69. The molecule has 3 aromatic rings. The van der Waals surface area contributed by atoms with Gasteiger partial charge in [0.15, 0.2) is 10.4 Å². The summed E-state index contributed by atoms with van der Waals surface area (Å²) in [6.07, 6.45) is 0. The maximum atomic E-state index is 5.44. The Bertz CT molecular complexity index is 827. The van der Waals surface area contributed by atoms with E-state index in [1.807, 2.05) is 23.6 Å². The average Bonchev–Trinajstić information content (AvgIpc) is 2.65. The second kappa shape index (κ2) is 4.31. The summed E-state index contributed by atoms with van der Waals surface area (Å²) in [6.45, 7) is 6.17. The van der Waals surface area contributed by atoms with Crippen molar-refractivity contribution in [2.24, 2.45) is 0 Å². The number of aryl methyl sites for hydroxylation is 3. The molecule has 0 radical (unpaired) electrons. The molecule has 0 unspecified atom stereocenters. The van der Waals surface area contributed by atoms with E-state index in [4.69, 9.17) is 12.2 Å². The number of pyridine rings is 1. The first-order valence-corrected chi connectivity index (χ1v) is 6.63. The lowest BCUT2D eigenvalue weighted by Crippen LogP contribution is -1.99. The van der Waals surface area contributed by atoms with E-state index in [-0.39, 0.29) is 0 Å². The van der Waals surface area contributed by atoms with Gasteiger partial charge in [-0.05, 0) is 56.8 Å². The molecule has 0 aliphatic heterocycles. The number of imidazole rings is 1. The Morgan fingerprint density at radius 3 is 2.63 bits per heavy atom. The minimum Gasteiger partial charge on any atom is -0.329 e. The third-order valence-electron chi connectivity index (χ3n) is 3.26. The topological polar surface area (TPSA) is 33.6 Å². The molecule has 0 saturated heterocycles. The molecule has 0 saturated carbocycles. The fraction of sp³-hybridized carbons (Fsp3) is 0.200. The Morgan fingerprint density at radius 2 is 1.89 bits per heavy atom. The number of hydrogen-bond acceptors (Lipinski definition) is 2. The van der Waals surface area contributed by atoms with Crippen LogP contribution in [0, 0.1) is 25.5 Å². The summed E-state index contributed by atoms with van der Waals surface area (Å²) in [6, 6.07) is 10.4. The highest BCUT2D eigenvalue weighted by Crippen LogP contribution is 2.21. The predicted octanol–water partition coefficient (Wildman–Crippen LogP) is 4.01. The Labute approximate surface area is 116 Å². The molecular formula is C15H15N3S. The molecule has 0 aliphatic rings. The van der Waals surface area contributed by atoms with Gasteiger partial charge in [-0.15, -0.1) is 0 Å². The van der Waals surface area contributed by atoms with Crippen LogP contribution in [0.2, 0.25) is 0 Å². The van der Waals surface area contributed by atoms with Crippen LogP contribution in [0.4, 0.5) is 0 Å². The van der Waals surface area contributed by atoms with Crippen molar-refractivity contribution in [3.8, 4) is 5.69 Å². The van der Waals surface area contributed by atoms with Gasteiger partial charge >= 0.3 is 0 Å². The molecule has 2 aromatic heterocycles. The molecule has 96 valence electrons. The number of aromatic nitrogens is 3. The fourth-order valence-corrected chi connectivity index (χ4v) is 2.65. The van der Waals surface area contributed by atoms with Gasteiger partial charge in [0, 0.05) is 5.69 Å². The lowest BCUT2D eigenvalue weighted by Gasteiger charge is -2.08. The van der Waals surface area contributed by atoms with Crippen LogP contribution < -0.4 is 0 Å². The zero-order valence-corrected chi connectivity index (χ0v) is 12.0. The van der Waals surface area contributed by atoms with Gasteiger partial charge in [0.2, 0.25) is 0 Å². The highest BCUT2D eigenvalue weighted by atomic mass is 32.1. The van der Waals surface area contributed by atoms with Crippen LogP contribution in [0.1, 0.15) is 16.8 Å². The second-order valence-corrected chi connectivity index (χ2v) is 5.27. The van der Waals surface area contributed by atoms with E-state index in [9.17, 15) is 0 Å². The average molecular weight is 269 g/mol. The molecule has 1 aromatic carbocycles. The molecule has 4 heteroatoms. The largest absolute Gasteiger partial charge is 0.329 e. The van der Waals surface area contributed by atoms with Crippen LogP contribution in [0.5, 0.6) is 0 Å². The van der Waals surface area contributed by atoms with E-state index < -0.39 is 0 Å². The van der Waals surface area contributed by atoms with Crippen molar-refractivity contribution in [3.05, 3.63) is 51.9 Å². The molecule has 0 fully saturated rings. The maximum Gasteiger partial charge on any atom is 0.184 e. The van der Waals surface area contributed by atoms with Gasteiger partial charge < -0.3 is 4.98 Å². The first kappa shape index (κ1) is 12.1. The zero-order chi connectivity index (χ0) is 13.6. The van der Waals surface area contributed by atoms with Crippen molar-refractivity contribution in [1.29, 1.82) is 0 Å². The van der Waals surface area contributed by atoms with Crippen molar-refractivity contribution >= 4 is 23.4 Å². The molecule has 0 amide bonds. The SMILES string of the molecule is Cc1ccc(-n2c(=S)[nH]c3ccc(C)nc32)c(C)c1. The predicted molar refractivity (Wildman–Crippen MR) is 80.5 cm³/mol. The van der Waals surface area contributed by atoms with Crippen molar-refractivity contribution in [2.75, 3.05) is 0 Å². The molecule has 2 heterocycles. The quantitative estimate of drug-likeness (QED) is 0.677. The normalized spacial score (nSPS) is 11.1. The molecule has 3 rings (SSSR count). The summed E-state index contributed by atoms with van der Waals surface area (Å²) in [5.41, 5.74) is 6.37. The maximum absolute atomic E-state index is 5.44. The number of hydrogen-bond donors (Lipinski definition) is 1. The Hall–Kier alpha value is -1.94. The van der Waals surface area contributed by atoms with E-state index in [0.29, 0.717) is 4.77 Å². The Kier molecular flexibility index (Phi) is 2.75. The third kappa shape index (κ3) is 1.98. The van der Waals surface area contributed by atoms with E-state index in [0.717, 1.165) is 22.5 Å². The first-order chi connectivity index (χ1) is 9.06. The summed E-state index contributed by atoms with van der Waals surface area (Å²) in [5.74, 6) is 0. The van der Waals surface area contributed by atoms with E-state index >= 15 is 0 Å². The van der Waals surface area contributed by atoms with E-state index in [1.54, 1.807) is 0 Å². The van der Waals surface area contributed by atoms with Crippen molar-refractivity contribution in [2.45, 2.75) is 20.8 Å². The van der Waals surface area contributed by atoms with E-state index in [2.05, 4.69) is 42.0 Å². The van der Waals surface area contributed by atoms with Crippen molar-refractivity contribution in [3.63, 3.8) is 0 Å². The molecule has 0 spiro atoms. The number of aromatic amines is 1. The summed E-state index contributed by atoms with van der Waals surface area (Å²) in [4.78, 5) is 7.81. The van der Waals surface area contributed by atoms with E-state index in [1.165, 1.54) is 11.1 Å². The van der Waals surface area contributed by atoms with Crippen molar-refractivity contribution < 1.29 is 0 Å². The minimum atomic E-state index is 0.681. The van der Waals surface area contributed by atoms with Gasteiger partial charge in [-0.2, -0.15) is 0 Å². The van der Waals surface area contributed by atoms with Crippen LogP contribution in [-0.2, 0) is 0 Å². The van der Waals surface area contributed by atoms with Crippen LogP contribution in [0.3, 0.4) is 0 Å². The number of H-pyrrole nitrogens is 1. The molecule has 0 bridgehead atoms. The van der Waals surface area contributed by atoms with Crippen LogP contribution >= 0.6 is 12.2 Å². The number of benzene rings is 1. The number of nitrogens with zero attached hydrogens (tertiary/aromatic N) is 2. The lowest BCUT2D eigenvalue weighted by atomic mass is 10.1. The summed E-state index contributed by atoms with van der Waals surface area (Å²) >= 11 is 5.44.